The number of thiophene rings is 2. The van der Waals surface area contributed by atoms with Crippen LogP contribution in [-0.4, -0.2) is 0 Å². The first-order valence-corrected chi connectivity index (χ1v) is 18.6. The molecule has 7 aromatic carbocycles. The second-order valence-corrected chi connectivity index (χ2v) is 15.1. The molecule has 0 radical (unpaired) electrons. The van der Waals surface area contributed by atoms with Crippen LogP contribution >= 0.6 is 22.7 Å². The minimum atomic E-state index is 0.974. The maximum atomic E-state index is 4.59. The quantitative estimate of drug-likeness (QED) is 0.122. The fourth-order valence-electron chi connectivity index (χ4n) is 7.56. The molecule has 238 valence electrons. The van der Waals surface area contributed by atoms with Gasteiger partial charge in [0.05, 0.1) is 0 Å². The van der Waals surface area contributed by atoms with Crippen LogP contribution in [0.1, 0.15) is 19.4 Å². The Balaban J connectivity index is 1.26. The molecule has 0 atom stereocenters. The summed E-state index contributed by atoms with van der Waals surface area (Å²) in [4.78, 5) is 0. The van der Waals surface area contributed by atoms with E-state index in [1.807, 2.05) is 41.7 Å². The molecule has 0 aliphatic rings. The predicted octanol–water partition coefficient (Wildman–Crippen LogP) is 15.2. The van der Waals surface area contributed by atoms with Crippen molar-refractivity contribution < 1.29 is 0 Å². The van der Waals surface area contributed by atoms with Gasteiger partial charge in [-0.3, -0.25) is 0 Å². The molecule has 0 fully saturated rings. The average molecular weight is 675 g/mol. The summed E-state index contributed by atoms with van der Waals surface area (Å²) in [5.41, 5.74) is 6.75. The fraction of sp³-hybridized carbons (Fsp3) is 0.0417. The molecule has 0 aliphatic carbocycles. The number of hydrogen-bond donors (Lipinski definition) is 0. The van der Waals surface area contributed by atoms with Crippen molar-refractivity contribution in [3.05, 3.63) is 176 Å². The van der Waals surface area contributed by atoms with E-state index in [2.05, 4.69) is 154 Å². The number of allylic oxidation sites excluding steroid dienone is 8. The van der Waals surface area contributed by atoms with Gasteiger partial charge in [0.25, 0.3) is 0 Å². The van der Waals surface area contributed by atoms with Crippen molar-refractivity contribution in [1.29, 1.82) is 0 Å². The summed E-state index contributed by atoms with van der Waals surface area (Å²) in [6.07, 6.45) is 10.4. The highest BCUT2D eigenvalue weighted by Crippen LogP contribution is 2.47. The van der Waals surface area contributed by atoms with Crippen molar-refractivity contribution in [2.45, 2.75) is 13.8 Å². The van der Waals surface area contributed by atoms with Gasteiger partial charge in [0.15, 0.2) is 0 Å². The number of hydrogen-bond acceptors (Lipinski definition) is 2. The molecule has 9 aromatic rings. The van der Waals surface area contributed by atoms with Crippen LogP contribution in [0.4, 0.5) is 0 Å². The number of fused-ring (bicyclic) bond motifs is 11. The van der Waals surface area contributed by atoms with E-state index in [-0.39, 0.29) is 0 Å². The third-order valence-corrected chi connectivity index (χ3v) is 12.4. The summed E-state index contributed by atoms with van der Waals surface area (Å²) < 4.78 is 5.38. The Morgan fingerprint density at radius 2 is 1.22 bits per heavy atom. The maximum absolute atomic E-state index is 4.59. The predicted molar refractivity (Wildman–Crippen MR) is 226 cm³/mol. The zero-order chi connectivity index (χ0) is 33.9. The highest BCUT2D eigenvalue weighted by molar-refractivity contribution is 7.28. The molecule has 2 heterocycles. The van der Waals surface area contributed by atoms with E-state index >= 15 is 0 Å². The Labute approximate surface area is 299 Å². The molecule has 0 N–H and O–H groups in total. The molecular weight excluding hydrogens is 641 g/mol. The van der Waals surface area contributed by atoms with E-state index in [1.54, 1.807) is 0 Å². The first-order valence-electron chi connectivity index (χ1n) is 17.0. The van der Waals surface area contributed by atoms with Crippen LogP contribution in [0.3, 0.4) is 0 Å². The Morgan fingerprint density at radius 3 is 1.96 bits per heavy atom. The second-order valence-electron chi connectivity index (χ2n) is 13.0. The van der Waals surface area contributed by atoms with Crippen LogP contribution in [0.15, 0.2) is 170 Å². The van der Waals surface area contributed by atoms with Gasteiger partial charge in [0, 0.05) is 45.7 Å². The number of rotatable bonds is 6. The van der Waals surface area contributed by atoms with Crippen LogP contribution < -0.4 is 0 Å². The van der Waals surface area contributed by atoms with Crippen LogP contribution in [0.25, 0.3) is 89.4 Å². The highest BCUT2D eigenvalue weighted by Gasteiger charge is 2.19. The van der Waals surface area contributed by atoms with Gasteiger partial charge in [-0.1, -0.05) is 135 Å². The normalized spacial score (nSPS) is 12.7. The summed E-state index contributed by atoms with van der Waals surface area (Å²) >= 11 is 3.81. The van der Waals surface area contributed by atoms with E-state index in [0.717, 1.165) is 16.7 Å². The topological polar surface area (TPSA) is 0 Å². The minimum Gasteiger partial charge on any atom is -0.135 e. The Kier molecular flexibility index (Phi) is 7.39. The van der Waals surface area contributed by atoms with Gasteiger partial charge in [-0.25, -0.2) is 0 Å². The van der Waals surface area contributed by atoms with E-state index in [1.165, 1.54) is 89.4 Å². The van der Waals surface area contributed by atoms with Gasteiger partial charge in [-0.05, 0) is 98.5 Å². The molecule has 0 saturated heterocycles. The van der Waals surface area contributed by atoms with Gasteiger partial charge >= 0.3 is 0 Å². The van der Waals surface area contributed by atoms with Gasteiger partial charge in [0.2, 0.25) is 0 Å². The monoisotopic (exact) mass is 674 g/mol. The van der Waals surface area contributed by atoms with Gasteiger partial charge in [0.1, 0.15) is 0 Å². The van der Waals surface area contributed by atoms with E-state index in [9.17, 15) is 0 Å². The van der Waals surface area contributed by atoms with Crippen molar-refractivity contribution in [1.82, 2.24) is 0 Å². The lowest BCUT2D eigenvalue weighted by Crippen LogP contribution is -1.92. The maximum Gasteiger partial charge on any atom is 0.0440 e. The van der Waals surface area contributed by atoms with Crippen LogP contribution in [0, 0.1) is 0 Å². The van der Waals surface area contributed by atoms with E-state index < -0.39 is 0 Å². The average Bonchev–Trinajstić information content (AvgIpc) is 3.73. The Bertz CT molecular complexity index is 2920. The zero-order valence-electron chi connectivity index (χ0n) is 28.1. The SMILES string of the molecule is C=C(/C=C\C(=C)c1c2ccccc2c(-c2ccc3sc4c(ccc5ccc6sc7ccccc7c6c54)c3c2)c2ccccc12)/C(C)=C/C=C\C. The van der Waals surface area contributed by atoms with Crippen molar-refractivity contribution >= 4 is 101 Å². The smallest absolute Gasteiger partial charge is 0.0440 e. The lowest BCUT2D eigenvalue weighted by Gasteiger charge is -2.18. The molecule has 50 heavy (non-hydrogen) atoms. The van der Waals surface area contributed by atoms with Gasteiger partial charge in [-0.2, -0.15) is 0 Å². The molecule has 9 rings (SSSR count). The summed E-state index contributed by atoms with van der Waals surface area (Å²) in [5, 5.41) is 12.9. The zero-order valence-corrected chi connectivity index (χ0v) is 29.7. The first-order chi connectivity index (χ1) is 24.5. The largest absolute Gasteiger partial charge is 0.135 e. The first kappa shape index (κ1) is 30.5. The Hall–Kier alpha value is -5.54. The van der Waals surface area contributed by atoms with E-state index in [0.29, 0.717) is 0 Å². The molecule has 0 spiro atoms. The molecular formula is C48H34S2. The summed E-state index contributed by atoms with van der Waals surface area (Å²) in [5.74, 6) is 0. The fourth-order valence-corrected chi connectivity index (χ4v) is 9.92. The third kappa shape index (κ3) is 4.79. The van der Waals surface area contributed by atoms with Gasteiger partial charge < -0.3 is 0 Å². The summed E-state index contributed by atoms with van der Waals surface area (Å²) in [6.45, 7) is 13.0. The van der Waals surface area contributed by atoms with Crippen LogP contribution in [0.5, 0.6) is 0 Å². The van der Waals surface area contributed by atoms with E-state index in [4.69, 9.17) is 0 Å². The van der Waals surface area contributed by atoms with Crippen LogP contribution in [-0.2, 0) is 0 Å². The number of benzene rings is 7. The third-order valence-electron chi connectivity index (χ3n) is 10.0. The highest BCUT2D eigenvalue weighted by atomic mass is 32.1. The summed E-state index contributed by atoms with van der Waals surface area (Å²) in [7, 11) is 0. The molecule has 2 aromatic heterocycles. The lowest BCUT2D eigenvalue weighted by molar-refractivity contribution is 1.44. The molecule has 0 aliphatic heterocycles. The van der Waals surface area contributed by atoms with Crippen molar-refractivity contribution in [2.75, 3.05) is 0 Å². The summed E-state index contributed by atoms with van der Waals surface area (Å²) in [6, 6.07) is 42.8. The Morgan fingerprint density at radius 1 is 0.580 bits per heavy atom. The van der Waals surface area contributed by atoms with Crippen molar-refractivity contribution in [2.24, 2.45) is 0 Å². The van der Waals surface area contributed by atoms with Crippen LogP contribution in [0.2, 0.25) is 0 Å². The molecule has 0 amide bonds. The molecule has 2 heteroatoms. The minimum absolute atomic E-state index is 0.974. The van der Waals surface area contributed by atoms with Crippen molar-refractivity contribution in [3.8, 4) is 11.1 Å². The standard InChI is InChI=1S/C48H34S2/c1-5-6-13-29(2)30(3)20-21-31(4)44-34-14-7-9-16-36(34)45(37-17-10-8-15-35(37)44)33-24-26-42-40(28-33)38-25-22-32-23-27-43-47(46(32)48(38)50-42)39-18-11-12-19-41(39)49-43/h5-28H,3-4H2,1-2H3/b6-5-,21-20-,29-13+. The lowest BCUT2D eigenvalue weighted by atomic mass is 9.85. The molecule has 0 nitrogen and oxygen atoms in total. The molecule has 0 bridgehead atoms. The molecule has 0 unspecified atom stereocenters. The van der Waals surface area contributed by atoms with Gasteiger partial charge in [-0.15, -0.1) is 22.7 Å². The molecule has 0 saturated carbocycles. The second kappa shape index (κ2) is 12.1. The van der Waals surface area contributed by atoms with Crippen molar-refractivity contribution in [3.63, 3.8) is 0 Å².